The Morgan fingerprint density at radius 1 is 1.10 bits per heavy atom. The van der Waals surface area contributed by atoms with Crippen molar-refractivity contribution in [3.63, 3.8) is 0 Å². The summed E-state index contributed by atoms with van der Waals surface area (Å²) >= 11 is 0. The molecule has 2 N–H and O–H groups in total. The van der Waals surface area contributed by atoms with E-state index >= 15 is 0 Å². The Labute approximate surface area is 181 Å². The Morgan fingerprint density at radius 2 is 1.84 bits per heavy atom. The van der Waals surface area contributed by atoms with Crippen LogP contribution in [0.2, 0.25) is 0 Å². The highest BCUT2D eigenvalue weighted by Crippen LogP contribution is 2.49. The van der Waals surface area contributed by atoms with Crippen molar-refractivity contribution in [2.45, 2.75) is 31.6 Å². The molecule has 2 aromatic carbocycles. The smallest absolute Gasteiger partial charge is 0.205 e. The van der Waals surface area contributed by atoms with Gasteiger partial charge in [-0.2, -0.15) is 5.26 Å². The van der Waals surface area contributed by atoms with Crippen LogP contribution >= 0.6 is 0 Å². The van der Waals surface area contributed by atoms with Gasteiger partial charge in [0.25, 0.3) is 0 Å². The summed E-state index contributed by atoms with van der Waals surface area (Å²) < 4.78 is 16.9. The third-order valence-corrected chi connectivity index (χ3v) is 6.05. The number of benzene rings is 2. The molecule has 2 aromatic rings. The minimum absolute atomic E-state index is 0.00374. The first-order valence-corrected chi connectivity index (χ1v) is 10.1. The molecule has 0 fully saturated rings. The summed E-state index contributed by atoms with van der Waals surface area (Å²) in [6.07, 6.45) is 0.886. The lowest BCUT2D eigenvalue weighted by Crippen LogP contribution is -2.30. The molecule has 0 spiro atoms. The predicted octanol–water partition coefficient (Wildman–Crippen LogP) is 4.22. The van der Waals surface area contributed by atoms with Gasteiger partial charge in [-0.15, -0.1) is 0 Å². The fourth-order valence-electron chi connectivity index (χ4n) is 4.59. The first-order chi connectivity index (χ1) is 15.0. The molecule has 158 valence electrons. The van der Waals surface area contributed by atoms with E-state index in [1.54, 1.807) is 14.2 Å². The summed E-state index contributed by atoms with van der Waals surface area (Å²) in [5, 5.41) is 9.87. The molecule has 0 saturated carbocycles. The number of rotatable bonds is 4. The average Bonchev–Trinajstić information content (AvgIpc) is 2.78. The van der Waals surface area contributed by atoms with Crippen LogP contribution in [0.1, 0.15) is 41.4 Å². The Balaban J connectivity index is 1.86. The first kappa shape index (κ1) is 20.5. The molecule has 1 aliphatic heterocycles. The number of allylic oxidation sites excluding steroid dienone is 3. The lowest BCUT2D eigenvalue weighted by molar-refractivity contribution is -0.117. The maximum atomic E-state index is 13.4. The molecule has 1 aliphatic carbocycles. The largest absolute Gasteiger partial charge is 0.496 e. The van der Waals surface area contributed by atoms with Crippen molar-refractivity contribution >= 4 is 5.78 Å². The van der Waals surface area contributed by atoms with Crippen molar-refractivity contribution in [2.24, 2.45) is 5.73 Å². The topological polar surface area (TPSA) is 94.6 Å². The number of nitriles is 1. The molecule has 0 bridgehead atoms. The van der Waals surface area contributed by atoms with E-state index in [2.05, 4.69) is 6.07 Å². The number of Topliss-reactive ketones (excluding diaryl/α,β-unsaturated/α-hetero) is 1. The van der Waals surface area contributed by atoms with Crippen LogP contribution < -0.4 is 15.2 Å². The highest BCUT2D eigenvalue weighted by atomic mass is 16.5. The minimum atomic E-state index is -0.641. The van der Waals surface area contributed by atoms with Crippen LogP contribution in [-0.2, 0) is 9.53 Å². The van der Waals surface area contributed by atoms with Crippen LogP contribution in [0.15, 0.2) is 65.3 Å². The Kier molecular flexibility index (Phi) is 5.43. The highest BCUT2D eigenvalue weighted by Gasteiger charge is 2.42. The van der Waals surface area contributed by atoms with Crippen molar-refractivity contribution in [3.8, 4) is 17.6 Å². The highest BCUT2D eigenvalue weighted by molar-refractivity contribution is 6.00. The van der Waals surface area contributed by atoms with E-state index in [9.17, 15) is 10.1 Å². The normalized spacial score (nSPS) is 20.6. The third kappa shape index (κ3) is 3.42. The molecule has 2 aliphatic rings. The molecular weight excluding hydrogens is 392 g/mol. The molecule has 0 radical (unpaired) electrons. The number of carbonyl (C=O) groups is 1. The maximum Gasteiger partial charge on any atom is 0.205 e. The summed E-state index contributed by atoms with van der Waals surface area (Å²) in [5.41, 5.74) is 9.43. The monoisotopic (exact) mass is 416 g/mol. The molecule has 2 atom stereocenters. The van der Waals surface area contributed by atoms with Gasteiger partial charge in [0, 0.05) is 29.5 Å². The number of hydrogen-bond acceptors (Lipinski definition) is 6. The second-order valence-electron chi connectivity index (χ2n) is 7.72. The second-order valence-corrected chi connectivity index (χ2v) is 7.72. The van der Waals surface area contributed by atoms with Crippen LogP contribution in [0, 0.1) is 18.3 Å². The number of nitrogens with zero attached hydrogens (tertiary/aromatic N) is 1. The zero-order chi connectivity index (χ0) is 22.1. The quantitative estimate of drug-likeness (QED) is 0.802. The number of ketones is 1. The van der Waals surface area contributed by atoms with Gasteiger partial charge in [-0.05, 0) is 24.5 Å². The van der Waals surface area contributed by atoms with Crippen molar-refractivity contribution in [1.82, 2.24) is 0 Å². The van der Waals surface area contributed by atoms with Gasteiger partial charge in [0.05, 0.1) is 20.1 Å². The lowest BCUT2D eigenvalue weighted by atomic mass is 9.73. The number of carbonyl (C=O) groups excluding carboxylic acids is 1. The number of ether oxygens (including phenoxy) is 3. The van der Waals surface area contributed by atoms with Gasteiger partial charge in [-0.1, -0.05) is 36.4 Å². The van der Waals surface area contributed by atoms with Gasteiger partial charge in [-0.3, -0.25) is 4.79 Å². The van der Waals surface area contributed by atoms with Gasteiger partial charge >= 0.3 is 0 Å². The van der Waals surface area contributed by atoms with Crippen LogP contribution in [0.3, 0.4) is 0 Å². The number of nitrogens with two attached hydrogens (primary N) is 1. The van der Waals surface area contributed by atoms with Gasteiger partial charge in [0.1, 0.15) is 28.9 Å². The summed E-state index contributed by atoms with van der Waals surface area (Å²) in [5.74, 6) is 1.11. The van der Waals surface area contributed by atoms with Gasteiger partial charge in [0.2, 0.25) is 5.88 Å². The predicted molar refractivity (Wildman–Crippen MR) is 115 cm³/mol. The number of hydrogen-bond donors (Lipinski definition) is 1. The van der Waals surface area contributed by atoms with Gasteiger partial charge < -0.3 is 19.9 Å². The van der Waals surface area contributed by atoms with E-state index in [1.165, 1.54) is 0 Å². The SMILES string of the molecule is COc1ccc([C@H]2C(C#N)=C(N)OC3=C2C(=O)C[C@H](c2ccccc2)C3)c(OC)c1C. The van der Waals surface area contributed by atoms with E-state index in [4.69, 9.17) is 19.9 Å². The van der Waals surface area contributed by atoms with Crippen LogP contribution in [0.5, 0.6) is 11.5 Å². The Bertz CT molecular complexity index is 1140. The van der Waals surface area contributed by atoms with Gasteiger partial charge in [-0.25, -0.2) is 0 Å². The van der Waals surface area contributed by atoms with E-state index in [1.807, 2.05) is 49.4 Å². The minimum Gasteiger partial charge on any atom is -0.496 e. The Morgan fingerprint density at radius 3 is 2.48 bits per heavy atom. The zero-order valence-corrected chi connectivity index (χ0v) is 17.8. The van der Waals surface area contributed by atoms with E-state index in [0.717, 1.165) is 11.1 Å². The van der Waals surface area contributed by atoms with E-state index in [-0.39, 0.29) is 23.2 Å². The lowest BCUT2D eigenvalue weighted by Gasteiger charge is -2.34. The van der Waals surface area contributed by atoms with Crippen molar-refractivity contribution < 1.29 is 19.0 Å². The standard InChI is InChI=1S/C25H24N2O4/c1-14-20(29-2)10-9-17(24(14)30-3)22-18(13-26)25(27)31-21-12-16(11-19(28)23(21)22)15-7-5-4-6-8-15/h4-10,16,22H,11-12,27H2,1-3H3/t16-,22-/m0/s1. The van der Waals surface area contributed by atoms with Crippen LogP contribution in [-0.4, -0.2) is 20.0 Å². The zero-order valence-electron chi connectivity index (χ0n) is 17.8. The average molecular weight is 416 g/mol. The van der Waals surface area contributed by atoms with E-state index < -0.39 is 5.92 Å². The van der Waals surface area contributed by atoms with Crippen molar-refractivity contribution in [2.75, 3.05) is 14.2 Å². The maximum absolute atomic E-state index is 13.4. The molecule has 0 unspecified atom stereocenters. The van der Waals surface area contributed by atoms with E-state index in [0.29, 0.717) is 41.2 Å². The second kappa shape index (κ2) is 8.19. The molecule has 1 heterocycles. The molecule has 6 nitrogen and oxygen atoms in total. The molecule has 0 amide bonds. The Hall–Kier alpha value is -3.72. The van der Waals surface area contributed by atoms with Gasteiger partial charge in [0.15, 0.2) is 5.78 Å². The summed E-state index contributed by atoms with van der Waals surface area (Å²) in [7, 11) is 3.15. The fourth-order valence-corrected chi connectivity index (χ4v) is 4.59. The molecule has 4 rings (SSSR count). The molecular formula is C25H24N2O4. The van der Waals surface area contributed by atoms with Crippen molar-refractivity contribution in [1.29, 1.82) is 5.26 Å². The fraction of sp³-hybridized carbons (Fsp3) is 0.280. The summed E-state index contributed by atoms with van der Waals surface area (Å²) in [6.45, 7) is 1.88. The third-order valence-electron chi connectivity index (χ3n) is 6.05. The first-order valence-electron chi connectivity index (χ1n) is 10.1. The summed E-state index contributed by atoms with van der Waals surface area (Å²) in [6, 6.07) is 15.7. The summed E-state index contributed by atoms with van der Waals surface area (Å²) in [4.78, 5) is 13.4. The van der Waals surface area contributed by atoms with Crippen LogP contribution in [0.25, 0.3) is 0 Å². The van der Waals surface area contributed by atoms with Crippen LogP contribution in [0.4, 0.5) is 0 Å². The molecule has 6 heteroatoms. The molecule has 31 heavy (non-hydrogen) atoms. The number of methoxy groups -OCH3 is 2. The van der Waals surface area contributed by atoms with Crippen molar-refractivity contribution in [3.05, 3.63) is 81.9 Å². The molecule has 0 aromatic heterocycles. The molecule has 0 saturated heterocycles.